The number of aliphatic hydroxyl groups excluding tert-OH is 1. The van der Waals surface area contributed by atoms with Gasteiger partial charge in [0.25, 0.3) is 0 Å². The van der Waals surface area contributed by atoms with Gasteiger partial charge in [0.1, 0.15) is 6.61 Å². The number of hydrogen-bond acceptors (Lipinski definition) is 5. The molecule has 0 aromatic heterocycles. The zero-order valence-corrected chi connectivity index (χ0v) is 28.4. The standard InChI is InChI=1S/C39H66O5/c1-3-5-7-9-11-13-15-17-18-19-20-22-24-26-28-30-32-34-39(42)44-37(35-40)36-43-38(41)33-31-29-27-25-23-21-16-14-12-10-8-6-4-2/h11,13-14,16-18,20,22,26,28,37,40H,3-10,12,15,19,21,23-25,27,29-36H2,1-2H3/b13-11-,16-14-,18-17-,22-20-,28-26-/t37-/m0/s1. The number of rotatable bonds is 31. The van der Waals surface area contributed by atoms with Gasteiger partial charge in [0.15, 0.2) is 6.10 Å². The third-order valence-electron chi connectivity index (χ3n) is 7.28. The van der Waals surface area contributed by atoms with Crippen molar-refractivity contribution in [3.63, 3.8) is 0 Å². The quantitative estimate of drug-likeness (QED) is 0.0478. The van der Waals surface area contributed by atoms with Crippen molar-refractivity contribution in [2.45, 2.75) is 161 Å². The van der Waals surface area contributed by atoms with Crippen LogP contribution >= 0.6 is 0 Å². The minimum atomic E-state index is -0.803. The topological polar surface area (TPSA) is 72.8 Å². The molecule has 0 radical (unpaired) electrons. The molecule has 5 nitrogen and oxygen atoms in total. The summed E-state index contributed by atoms with van der Waals surface area (Å²) in [6.45, 7) is 4.02. The van der Waals surface area contributed by atoms with Gasteiger partial charge in [-0.25, -0.2) is 0 Å². The Morgan fingerprint density at radius 3 is 1.50 bits per heavy atom. The monoisotopic (exact) mass is 614 g/mol. The fourth-order valence-electron chi connectivity index (χ4n) is 4.54. The maximum atomic E-state index is 12.1. The first-order chi connectivity index (χ1) is 21.6. The highest BCUT2D eigenvalue weighted by Crippen LogP contribution is 2.10. The number of carbonyl (C=O) groups excluding carboxylic acids is 2. The molecule has 0 aliphatic heterocycles. The summed E-state index contributed by atoms with van der Waals surface area (Å²) in [6.07, 6.45) is 44.2. The van der Waals surface area contributed by atoms with Crippen molar-refractivity contribution in [2.75, 3.05) is 13.2 Å². The number of aliphatic hydroxyl groups is 1. The maximum Gasteiger partial charge on any atom is 0.306 e. The average Bonchev–Trinajstić information content (AvgIpc) is 3.02. The number of allylic oxidation sites excluding steroid dienone is 10. The third kappa shape index (κ3) is 32.5. The van der Waals surface area contributed by atoms with Crippen LogP contribution in [-0.2, 0) is 19.1 Å². The average molecular weight is 615 g/mol. The molecule has 0 unspecified atom stereocenters. The van der Waals surface area contributed by atoms with Gasteiger partial charge in [0, 0.05) is 12.8 Å². The Kier molecular flexibility index (Phi) is 33.2. The van der Waals surface area contributed by atoms with Crippen molar-refractivity contribution >= 4 is 11.9 Å². The van der Waals surface area contributed by atoms with Crippen LogP contribution in [0.25, 0.3) is 0 Å². The second kappa shape index (κ2) is 35.1. The van der Waals surface area contributed by atoms with Crippen LogP contribution in [-0.4, -0.2) is 36.4 Å². The van der Waals surface area contributed by atoms with Crippen LogP contribution in [0, 0.1) is 0 Å². The molecule has 0 bridgehead atoms. The lowest BCUT2D eigenvalue weighted by atomic mass is 10.1. The van der Waals surface area contributed by atoms with Gasteiger partial charge in [-0.15, -0.1) is 0 Å². The predicted molar refractivity (Wildman–Crippen MR) is 187 cm³/mol. The van der Waals surface area contributed by atoms with Gasteiger partial charge in [-0.05, 0) is 77.0 Å². The zero-order valence-electron chi connectivity index (χ0n) is 28.4. The molecule has 0 aromatic carbocycles. The van der Waals surface area contributed by atoms with Gasteiger partial charge in [-0.2, -0.15) is 0 Å². The van der Waals surface area contributed by atoms with Crippen molar-refractivity contribution in [2.24, 2.45) is 0 Å². The Bertz CT molecular complexity index is 792. The van der Waals surface area contributed by atoms with Gasteiger partial charge in [-0.1, -0.05) is 126 Å². The molecule has 1 N–H and O–H groups in total. The van der Waals surface area contributed by atoms with E-state index in [4.69, 9.17) is 9.47 Å². The molecule has 0 spiro atoms. The summed E-state index contributed by atoms with van der Waals surface area (Å²) in [7, 11) is 0. The minimum absolute atomic E-state index is 0.0942. The molecule has 0 heterocycles. The summed E-state index contributed by atoms with van der Waals surface area (Å²) >= 11 is 0. The Hall–Kier alpha value is -2.40. The lowest BCUT2D eigenvalue weighted by molar-refractivity contribution is -0.161. The minimum Gasteiger partial charge on any atom is -0.462 e. The summed E-state index contributed by atoms with van der Waals surface area (Å²) in [5.41, 5.74) is 0. The highest BCUT2D eigenvalue weighted by Gasteiger charge is 2.15. The molecule has 252 valence electrons. The van der Waals surface area contributed by atoms with Crippen molar-refractivity contribution in [1.29, 1.82) is 0 Å². The van der Waals surface area contributed by atoms with Crippen LogP contribution in [0.4, 0.5) is 0 Å². The van der Waals surface area contributed by atoms with Crippen LogP contribution in [0.15, 0.2) is 60.8 Å². The molecule has 0 saturated heterocycles. The van der Waals surface area contributed by atoms with E-state index in [1.807, 2.05) is 0 Å². The van der Waals surface area contributed by atoms with E-state index >= 15 is 0 Å². The molecule has 0 saturated carbocycles. The fourth-order valence-corrected chi connectivity index (χ4v) is 4.54. The smallest absolute Gasteiger partial charge is 0.306 e. The number of unbranched alkanes of at least 4 members (excludes halogenated alkanes) is 13. The number of hydrogen-bond donors (Lipinski definition) is 1. The molecule has 0 fully saturated rings. The molecule has 0 rings (SSSR count). The number of ether oxygens (including phenoxy) is 2. The molecule has 44 heavy (non-hydrogen) atoms. The summed E-state index contributed by atoms with van der Waals surface area (Å²) < 4.78 is 10.5. The van der Waals surface area contributed by atoms with E-state index in [1.54, 1.807) is 0 Å². The van der Waals surface area contributed by atoms with Gasteiger partial charge < -0.3 is 14.6 Å². The molecule has 1 atom stereocenters. The van der Waals surface area contributed by atoms with Crippen LogP contribution in [0.2, 0.25) is 0 Å². The van der Waals surface area contributed by atoms with E-state index in [2.05, 4.69) is 74.6 Å². The summed E-state index contributed by atoms with van der Waals surface area (Å²) in [6, 6.07) is 0. The highest BCUT2D eigenvalue weighted by atomic mass is 16.6. The largest absolute Gasteiger partial charge is 0.462 e. The van der Waals surface area contributed by atoms with Gasteiger partial charge >= 0.3 is 11.9 Å². The van der Waals surface area contributed by atoms with E-state index < -0.39 is 6.10 Å². The third-order valence-corrected chi connectivity index (χ3v) is 7.28. The lowest BCUT2D eigenvalue weighted by Gasteiger charge is -2.15. The molecular weight excluding hydrogens is 548 g/mol. The van der Waals surface area contributed by atoms with Crippen LogP contribution < -0.4 is 0 Å². The Morgan fingerprint density at radius 2 is 0.932 bits per heavy atom. The van der Waals surface area contributed by atoms with Crippen molar-refractivity contribution in [3.8, 4) is 0 Å². The summed E-state index contributed by atoms with van der Waals surface area (Å²) in [4.78, 5) is 24.1. The molecule has 5 heteroatoms. The number of carbonyl (C=O) groups is 2. The van der Waals surface area contributed by atoms with Crippen LogP contribution in [0.3, 0.4) is 0 Å². The Morgan fingerprint density at radius 1 is 0.523 bits per heavy atom. The molecule has 0 aliphatic rings. The van der Waals surface area contributed by atoms with Crippen molar-refractivity contribution in [3.05, 3.63) is 60.8 Å². The predicted octanol–water partition coefficient (Wildman–Crippen LogP) is 10.8. The van der Waals surface area contributed by atoms with Gasteiger partial charge in [0.2, 0.25) is 0 Å². The summed E-state index contributed by atoms with van der Waals surface area (Å²) in [5, 5.41) is 9.51. The van der Waals surface area contributed by atoms with Crippen LogP contribution in [0.5, 0.6) is 0 Å². The first-order valence-electron chi connectivity index (χ1n) is 17.8. The fraction of sp³-hybridized carbons (Fsp3) is 0.692. The van der Waals surface area contributed by atoms with Crippen molar-refractivity contribution < 1.29 is 24.2 Å². The SMILES string of the molecule is CCCCC/C=C\C/C=C\C/C=C\C/C=C\CCCC(=O)O[C@@H](CO)COC(=O)CCCCCCC/C=C\CCCCCC. The normalized spacial score (nSPS) is 12.9. The lowest BCUT2D eigenvalue weighted by Crippen LogP contribution is -2.28. The molecule has 0 aromatic rings. The van der Waals surface area contributed by atoms with E-state index in [0.717, 1.165) is 51.4 Å². The van der Waals surface area contributed by atoms with Gasteiger partial charge in [0.05, 0.1) is 6.61 Å². The van der Waals surface area contributed by atoms with E-state index in [1.165, 1.54) is 70.6 Å². The van der Waals surface area contributed by atoms with Crippen LogP contribution in [0.1, 0.15) is 155 Å². The molecule has 0 aliphatic carbocycles. The van der Waals surface area contributed by atoms with E-state index in [0.29, 0.717) is 12.8 Å². The Balaban J connectivity index is 3.72. The highest BCUT2D eigenvalue weighted by molar-refractivity contribution is 5.70. The Labute approximate surface area is 271 Å². The second-order valence-electron chi connectivity index (χ2n) is 11.6. The molecular formula is C39H66O5. The first-order valence-corrected chi connectivity index (χ1v) is 17.8. The molecule has 0 amide bonds. The van der Waals surface area contributed by atoms with Gasteiger partial charge in [-0.3, -0.25) is 9.59 Å². The second-order valence-corrected chi connectivity index (χ2v) is 11.6. The summed E-state index contributed by atoms with van der Waals surface area (Å²) in [5.74, 6) is -0.673. The number of esters is 2. The zero-order chi connectivity index (χ0) is 32.2. The first kappa shape index (κ1) is 41.6. The van der Waals surface area contributed by atoms with E-state index in [9.17, 15) is 14.7 Å². The van der Waals surface area contributed by atoms with E-state index in [-0.39, 0.29) is 31.6 Å². The maximum absolute atomic E-state index is 12.1. The van der Waals surface area contributed by atoms with Crippen molar-refractivity contribution in [1.82, 2.24) is 0 Å².